The summed E-state index contributed by atoms with van der Waals surface area (Å²) in [6.45, 7) is 0. The van der Waals surface area contributed by atoms with Gasteiger partial charge in [-0.1, -0.05) is 48.0 Å². The normalized spacial score (nSPS) is 10.5. The number of hydrogen-bond donors (Lipinski definition) is 1. The largest absolute Gasteiger partial charge is 0.481 e. The molecule has 0 amide bonds. The van der Waals surface area contributed by atoms with E-state index in [0.717, 1.165) is 5.56 Å². The molecule has 3 aromatic rings. The van der Waals surface area contributed by atoms with E-state index in [-0.39, 0.29) is 11.4 Å². The molecule has 0 saturated heterocycles. The summed E-state index contributed by atoms with van der Waals surface area (Å²) in [5, 5.41) is 8.93. The summed E-state index contributed by atoms with van der Waals surface area (Å²) in [5.74, 6) is -0.307. The maximum atomic E-state index is 13.6. The van der Waals surface area contributed by atoms with Crippen LogP contribution in [0.25, 0.3) is 11.1 Å². The Morgan fingerprint density at radius 3 is 2.44 bits per heavy atom. The third kappa shape index (κ3) is 4.17. The summed E-state index contributed by atoms with van der Waals surface area (Å²) < 4.78 is 19.5. The lowest BCUT2D eigenvalue weighted by Crippen LogP contribution is -1.99. The first-order valence-electron chi connectivity index (χ1n) is 7.56. The zero-order valence-electron chi connectivity index (χ0n) is 13.1. The molecule has 0 bridgehead atoms. The number of rotatable bonds is 5. The molecular weight excluding hydrogens is 343 g/mol. The fraction of sp³-hybridized carbons (Fsp3) is 0.0500. The van der Waals surface area contributed by atoms with Crippen LogP contribution in [0.5, 0.6) is 11.5 Å². The Hall–Kier alpha value is -2.85. The molecule has 3 nitrogen and oxygen atoms in total. The van der Waals surface area contributed by atoms with Gasteiger partial charge in [-0.2, -0.15) is 0 Å². The van der Waals surface area contributed by atoms with Crippen LogP contribution in [0.4, 0.5) is 4.39 Å². The molecule has 0 radical (unpaired) electrons. The minimum Gasteiger partial charge on any atom is -0.481 e. The molecule has 1 N–H and O–H groups in total. The summed E-state index contributed by atoms with van der Waals surface area (Å²) in [6.07, 6.45) is -0.0733. The lowest BCUT2D eigenvalue weighted by molar-refractivity contribution is -0.136. The van der Waals surface area contributed by atoms with Crippen molar-refractivity contribution in [3.63, 3.8) is 0 Å². The first kappa shape index (κ1) is 17.0. The Balaban J connectivity index is 1.87. The minimum absolute atomic E-state index is 0.0584. The Morgan fingerprint density at radius 1 is 1.00 bits per heavy atom. The number of hydrogen-bond acceptors (Lipinski definition) is 2. The Labute approximate surface area is 149 Å². The quantitative estimate of drug-likeness (QED) is 0.650. The van der Waals surface area contributed by atoms with E-state index in [9.17, 15) is 9.18 Å². The average Bonchev–Trinajstić information content (AvgIpc) is 2.57. The van der Waals surface area contributed by atoms with E-state index < -0.39 is 11.8 Å². The average molecular weight is 357 g/mol. The first-order chi connectivity index (χ1) is 12.0. The minimum atomic E-state index is -0.903. The molecule has 126 valence electrons. The van der Waals surface area contributed by atoms with Crippen molar-refractivity contribution in [3.05, 3.63) is 83.1 Å². The highest BCUT2D eigenvalue weighted by Crippen LogP contribution is 2.33. The zero-order chi connectivity index (χ0) is 17.8. The van der Waals surface area contributed by atoms with Crippen LogP contribution in [-0.4, -0.2) is 11.1 Å². The van der Waals surface area contributed by atoms with Gasteiger partial charge in [0.25, 0.3) is 0 Å². The highest BCUT2D eigenvalue weighted by molar-refractivity contribution is 6.33. The van der Waals surface area contributed by atoms with Gasteiger partial charge in [0.15, 0.2) is 0 Å². The van der Waals surface area contributed by atoms with Gasteiger partial charge in [0, 0.05) is 5.56 Å². The van der Waals surface area contributed by atoms with Crippen molar-refractivity contribution in [3.8, 4) is 22.6 Å². The highest BCUT2D eigenvalue weighted by atomic mass is 35.5. The van der Waals surface area contributed by atoms with Gasteiger partial charge in [-0.05, 0) is 41.5 Å². The number of ether oxygens (including phenoxy) is 1. The van der Waals surface area contributed by atoms with E-state index in [1.54, 1.807) is 54.6 Å². The molecule has 0 aliphatic carbocycles. The Kier molecular flexibility index (Phi) is 5.00. The topological polar surface area (TPSA) is 46.5 Å². The van der Waals surface area contributed by atoms with Gasteiger partial charge in [0.1, 0.15) is 17.3 Å². The van der Waals surface area contributed by atoms with E-state index in [1.807, 2.05) is 6.07 Å². The molecule has 3 aromatic carbocycles. The molecule has 0 atom stereocenters. The fourth-order valence-electron chi connectivity index (χ4n) is 2.48. The van der Waals surface area contributed by atoms with Crippen LogP contribution in [0.1, 0.15) is 5.56 Å². The first-order valence-corrected chi connectivity index (χ1v) is 7.94. The maximum Gasteiger partial charge on any atom is 0.307 e. The number of carbonyl (C=O) groups is 1. The van der Waals surface area contributed by atoms with Crippen molar-refractivity contribution in [2.75, 3.05) is 0 Å². The molecule has 0 heterocycles. The summed E-state index contributed by atoms with van der Waals surface area (Å²) >= 11 is 6.04. The molecular formula is C20H14ClFO3. The van der Waals surface area contributed by atoms with Gasteiger partial charge in [0.05, 0.1) is 11.4 Å². The molecule has 0 unspecified atom stereocenters. The van der Waals surface area contributed by atoms with Gasteiger partial charge < -0.3 is 9.84 Å². The van der Waals surface area contributed by atoms with Crippen molar-refractivity contribution < 1.29 is 19.0 Å². The molecule has 0 fully saturated rings. The third-order valence-corrected chi connectivity index (χ3v) is 3.97. The van der Waals surface area contributed by atoms with E-state index in [0.29, 0.717) is 22.6 Å². The second kappa shape index (κ2) is 7.36. The molecule has 0 spiro atoms. The molecule has 0 aliphatic rings. The van der Waals surface area contributed by atoms with Gasteiger partial charge in [-0.3, -0.25) is 4.79 Å². The molecule has 3 rings (SSSR count). The van der Waals surface area contributed by atoms with Crippen LogP contribution < -0.4 is 4.74 Å². The second-order valence-electron chi connectivity index (χ2n) is 5.45. The summed E-state index contributed by atoms with van der Waals surface area (Å²) in [6, 6.07) is 18.6. The lowest BCUT2D eigenvalue weighted by Gasteiger charge is -2.10. The van der Waals surface area contributed by atoms with Crippen LogP contribution in [0.2, 0.25) is 5.02 Å². The van der Waals surface area contributed by atoms with Crippen LogP contribution in [0.15, 0.2) is 66.7 Å². The van der Waals surface area contributed by atoms with Crippen molar-refractivity contribution in [2.24, 2.45) is 0 Å². The predicted octanol–water partition coefficient (Wildman–Crippen LogP) is 5.57. The lowest BCUT2D eigenvalue weighted by atomic mass is 10.1. The number of aliphatic carboxylic acids is 1. The summed E-state index contributed by atoms with van der Waals surface area (Å²) in [7, 11) is 0. The Morgan fingerprint density at radius 2 is 1.68 bits per heavy atom. The number of benzene rings is 3. The van der Waals surface area contributed by atoms with Gasteiger partial charge in [0.2, 0.25) is 0 Å². The number of carboxylic acids is 1. The van der Waals surface area contributed by atoms with Crippen LogP contribution >= 0.6 is 11.6 Å². The predicted molar refractivity (Wildman–Crippen MR) is 94.7 cm³/mol. The van der Waals surface area contributed by atoms with Crippen LogP contribution in [-0.2, 0) is 11.2 Å². The SMILES string of the molecule is O=C(O)Cc1cccc(Oc2cccc(-c3cccc(F)c3Cl)c2)c1. The monoisotopic (exact) mass is 356 g/mol. The van der Waals surface area contributed by atoms with Crippen molar-refractivity contribution in [2.45, 2.75) is 6.42 Å². The van der Waals surface area contributed by atoms with Gasteiger partial charge >= 0.3 is 5.97 Å². The maximum absolute atomic E-state index is 13.6. The van der Waals surface area contributed by atoms with E-state index in [4.69, 9.17) is 21.4 Å². The molecule has 0 aliphatic heterocycles. The Bertz CT molecular complexity index is 924. The molecule has 0 saturated carbocycles. The highest BCUT2D eigenvalue weighted by Gasteiger charge is 2.09. The van der Waals surface area contributed by atoms with Gasteiger partial charge in [-0.25, -0.2) is 4.39 Å². The fourth-order valence-corrected chi connectivity index (χ4v) is 2.72. The van der Waals surface area contributed by atoms with E-state index >= 15 is 0 Å². The van der Waals surface area contributed by atoms with Crippen molar-refractivity contribution in [1.82, 2.24) is 0 Å². The van der Waals surface area contributed by atoms with Crippen molar-refractivity contribution >= 4 is 17.6 Å². The van der Waals surface area contributed by atoms with E-state index in [2.05, 4.69) is 0 Å². The number of carboxylic acid groups (broad SMARTS) is 1. The molecule has 0 aromatic heterocycles. The third-order valence-electron chi connectivity index (χ3n) is 3.59. The van der Waals surface area contributed by atoms with Crippen molar-refractivity contribution in [1.29, 1.82) is 0 Å². The van der Waals surface area contributed by atoms with Gasteiger partial charge in [-0.15, -0.1) is 0 Å². The molecule has 5 heteroatoms. The van der Waals surface area contributed by atoms with E-state index in [1.165, 1.54) is 6.07 Å². The van der Waals surface area contributed by atoms with Crippen LogP contribution in [0.3, 0.4) is 0 Å². The molecule has 25 heavy (non-hydrogen) atoms. The summed E-state index contributed by atoms with van der Waals surface area (Å²) in [5.41, 5.74) is 1.95. The zero-order valence-corrected chi connectivity index (χ0v) is 13.8. The second-order valence-corrected chi connectivity index (χ2v) is 5.83. The number of halogens is 2. The smallest absolute Gasteiger partial charge is 0.307 e. The standard InChI is InChI=1S/C20H14ClFO3/c21-20-17(8-3-9-18(20)22)14-5-2-7-16(12-14)25-15-6-1-4-13(10-15)11-19(23)24/h1-10,12H,11H2,(H,23,24). The van der Waals surface area contributed by atoms with Crippen LogP contribution in [0, 0.1) is 5.82 Å². The summed E-state index contributed by atoms with van der Waals surface area (Å²) in [4.78, 5) is 10.8.